The summed E-state index contributed by atoms with van der Waals surface area (Å²) >= 11 is 5.03. The molecule has 0 heterocycles. The maximum atomic E-state index is 9.52. The van der Waals surface area contributed by atoms with E-state index in [1.54, 1.807) is 0 Å². The first-order valence-electron chi connectivity index (χ1n) is 3.36. The summed E-state index contributed by atoms with van der Waals surface area (Å²) in [6.07, 6.45) is -0.154. The molecule has 56 valence electrons. The number of hydrogen-bond acceptors (Lipinski definition) is 1. The van der Waals surface area contributed by atoms with E-state index in [1.807, 2.05) is 13.8 Å². The summed E-state index contributed by atoms with van der Waals surface area (Å²) in [5.41, 5.74) is 0.345. The topological polar surface area (TPSA) is 20.2 Å². The minimum absolute atomic E-state index is 0.345. The monoisotopic (exact) mass is 166 g/mol. The van der Waals surface area contributed by atoms with Gasteiger partial charge in [-0.05, 0) is 12.6 Å². The summed E-state index contributed by atoms with van der Waals surface area (Å²) in [6.45, 7) is 6.06. The first-order chi connectivity index (χ1) is 4.04. The average molecular weight is 166 g/mol. The zero-order chi connectivity index (χ0) is 7.49. The Labute approximate surface area is 62.6 Å². The van der Waals surface area contributed by atoms with Gasteiger partial charge in [0.05, 0.1) is 6.26 Å². The molecule has 0 saturated heterocycles. The smallest absolute Gasteiger partial charge is 0.0660 e. The minimum atomic E-state index is -1.93. The van der Waals surface area contributed by atoms with Crippen LogP contribution in [0.25, 0.3) is 0 Å². The molecule has 0 saturated carbocycles. The van der Waals surface area contributed by atoms with Gasteiger partial charge < -0.3 is 4.89 Å². The van der Waals surface area contributed by atoms with Gasteiger partial charge in [-0.15, -0.1) is 0 Å². The van der Waals surface area contributed by atoms with Crippen molar-refractivity contribution in [3.8, 4) is 0 Å². The predicted octanol–water partition coefficient (Wildman–Crippen LogP) is 2.19. The Bertz CT molecular complexity index is 124. The third kappa shape index (κ3) is 2.79. The van der Waals surface area contributed by atoms with Gasteiger partial charge in [-0.25, -0.2) is 0 Å². The Kier molecular flexibility index (Phi) is 3.95. The number of hydrogen-bond donors (Lipinski definition) is 1. The van der Waals surface area contributed by atoms with E-state index in [9.17, 15) is 4.89 Å². The first-order valence-corrected chi connectivity index (χ1v) is 6.37. The van der Waals surface area contributed by atoms with E-state index in [4.69, 9.17) is 11.8 Å². The minimum Gasteiger partial charge on any atom is -0.365 e. The first kappa shape index (κ1) is 9.61. The lowest BCUT2D eigenvalue weighted by Crippen LogP contribution is -2.02. The third-order valence-corrected chi connectivity index (χ3v) is 6.24. The Morgan fingerprint density at radius 1 is 1.56 bits per heavy atom. The van der Waals surface area contributed by atoms with Crippen LogP contribution in [-0.4, -0.2) is 16.7 Å². The van der Waals surface area contributed by atoms with Crippen molar-refractivity contribution in [2.24, 2.45) is 0 Å². The predicted molar refractivity (Wildman–Crippen MR) is 46.8 cm³/mol. The van der Waals surface area contributed by atoms with E-state index in [2.05, 4.69) is 6.92 Å². The lowest BCUT2D eigenvalue weighted by atomic mass is 10.4. The van der Waals surface area contributed by atoms with Crippen LogP contribution in [0.3, 0.4) is 0 Å². The molecule has 0 aliphatic heterocycles. The van der Waals surface area contributed by atoms with Gasteiger partial charge in [0.25, 0.3) is 0 Å². The van der Waals surface area contributed by atoms with E-state index in [0.717, 1.165) is 12.6 Å². The molecule has 0 aliphatic carbocycles. The van der Waals surface area contributed by atoms with Gasteiger partial charge in [0.2, 0.25) is 0 Å². The van der Waals surface area contributed by atoms with Gasteiger partial charge in [-0.1, -0.05) is 32.6 Å². The molecule has 0 aromatic heterocycles. The van der Waals surface area contributed by atoms with E-state index < -0.39 is 6.26 Å². The summed E-state index contributed by atoms with van der Waals surface area (Å²) in [7, 11) is 0. The van der Waals surface area contributed by atoms with Crippen LogP contribution in [0, 0.1) is 0 Å². The average Bonchev–Trinajstić information content (AvgIpc) is 1.86. The Hall–Kier alpha value is 0.610. The summed E-state index contributed by atoms with van der Waals surface area (Å²) in [5, 5.41) is 0. The fourth-order valence-electron chi connectivity index (χ4n) is 0.597. The van der Waals surface area contributed by atoms with Crippen molar-refractivity contribution >= 4 is 18.1 Å². The molecule has 9 heavy (non-hydrogen) atoms. The van der Waals surface area contributed by atoms with Gasteiger partial charge >= 0.3 is 0 Å². The zero-order valence-corrected chi connectivity index (χ0v) is 8.01. The van der Waals surface area contributed by atoms with Crippen molar-refractivity contribution in [3.63, 3.8) is 0 Å². The van der Waals surface area contributed by atoms with Crippen LogP contribution < -0.4 is 0 Å². The summed E-state index contributed by atoms with van der Waals surface area (Å²) < 4.78 is 0. The van der Waals surface area contributed by atoms with Crippen molar-refractivity contribution in [3.05, 3.63) is 0 Å². The molecule has 0 radical (unpaired) electrons. The Balaban J connectivity index is 3.98. The molecule has 2 atom stereocenters. The fourth-order valence-corrected chi connectivity index (χ4v) is 2.24. The Morgan fingerprint density at radius 3 is 2.11 bits per heavy atom. The van der Waals surface area contributed by atoms with Crippen molar-refractivity contribution in [2.45, 2.75) is 32.9 Å². The van der Waals surface area contributed by atoms with Crippen molar-refractivity contribution in [1.29, 1.82) is 0 Å². The molecule has 1 nitrogen and oxygen atoms in total. The van der Waals surface area contributed by atoms with Gasteiger partial charge in [0.1, 0.15) is 0 Å². The lowest BCUT2D eigenvalue weighted by Gasteiger charge is -2.19. The second kappa shape index (κ2) is 3.70. The second-order valence-corrected chi connectivity index (χ2v) is 7.25. The summed E-state index contributed by atoms with van der Waals surface area (Å²) in [4.78, 5) is 9.52. The molecule has 0 bridgehead atoms. The van der Waals surface area contributed by atoms with Gasteiger partial charge in [0.15, 0.2) is 0 Å². The molecule has 3 heteroatoms. The molecule has 0 rings (SSSR count). The van der Waals surface area contributed by atoms with Crippen molar-refractivity contribution < 1.29 is 4.89 Å². The maximum absolute atomic E-state index is 9.52. The van der Waals surface area contributed by atoms with Gasteiger partial charge in [-0.2, -0.15) is 0 Å². The molecule has 0 aromatic carbocycles. The van der Waals surface area contributed by atoms with Crippen LogP contribution in [0.4, 0.5) is 0 Å². The van der Waals surface area contributed by atoms with E-state index in [-0.39, 0.29) is 0 Å². The Morgan fingerprint density at radius 2 is 2.00 bits per heavy atom. The molecule has 0 amide bonds. The molecule has 0 aromatic rings. The summed E-state index contributed by atoms with van der Waals surface area (Å²) in [6, 6.07) is 0. The maximum Gasteiger partial charge on any atom is 0.0660 e. The normalized spacial score (nSPS) is 20.9. The largest absolute Gasteiger partial charge is 0.365 e. The van der Waals surface area contributed by atoms with Crippen LogP contribution in [0.2, 0.25) is 0 Å². The molecule has 0 fully saturated rings. The van der Waals surface area contributed by atoms with Crippen molar-refractivity contribution in [1.82, 2.24) is 0 Å². The van der Waals surface area contributed by atoms with Crippen LogP contribution >= 0.6 is 6.26 Å². The zero-order valence-electron chi connectivity index (χ0n) is 6.29. The van der Waals surface area contributed by atoms with Crippen LogP contribution in [0.5, 0.6) is 0 Å². The molecular formula is C6H15OPS. The highest BCUT2D eigenvalue weighted by Gasteiger charge is 2.16. The van der Waals surface area contributed by atoms with Crippen LogP contribution in [-0.2, 0) is 11.8 Å². The summed E-state index contributed by atoms with van der Waals surface area (Å²) in [5.74, 6) is 0. The molecule has 2 unspecified atom stereocenters. The molecule has 0 spiro atoms. The highest BCUT2D eigenvalue weighted by molar-refractivity contribution is 8.12. The second-order valence-electron chi connectivity index (χ2n) is 2.33. The quantitative estimate of drug-likeness (QED) is 0.648. The van der Waals surface area contributed by atoms with Gasteiger partial charge in [0, 0.05) is 5.66 Å². The SMILES string of the molecule is CCC(C)P(O)(=S)CC. The standard InChI is InChI=1S/C6H15OPS/c1-4-6(3)8(7,9)5-2/h6H,4-5H2,1-3H3,(H,7,9). The van der Waals surface area contributed by atoms with Crippen molar-refractivity contribution in [2.75, 3.05) is 6.16 Å². The fraction of sp³-hybridized carbons (Fsp3) is 1.00. The molecule has 0 aliphatic rings. The highest BCUT2D eigenvalue weighted by Crippen LogP contribution is 2.47. The van der Waals surface area contributed by atoms with E-state index in [1.165, 1.54) is 0 Å². The van der Waals surface area contributed by atoms with Crippen LogP contribution in [0.1, 0.15) is 27.2 Å². The lowest BCUT2D eigenvalue weighted by molar-refractivity contribution is 0.601. The van der Waals surface area contributed by atoms with Gasteiger partial charge in [-0.3, -0.25) is 0 Å². The van der Waals surface area contributed by atoms with E-state index >= 15 is 0 Å². The van der Waals surface area contributed by atoms with Crippen LogP contribution in [0.15, 0.2) is 0 Å². The van der Waals surface area contributed by atoms with E-state index in [0.29, 0.717) is 5.66 Å². The highest BCUT2D eigenvalue weighted by atomic mass is 32.4. The molecule has 1 N–H and O–H groups in total. The third-order valence-electron chi connectivity index (χ3n) is 1.73. The number of rotatable bonds is 3. The molecular weight excluding hydrogens is 151 g/mol.